The molecule has 55 heavy (non-hydrogen) atoms. The molecule has 0 aliphatic rings. The van der Waals surface area contributed by atoms with Crippen molar-refractivity contribution in [2.75, 3.05) is 26.4 Å². The fourth-order valence-corrected chi connectivity index (χ4v) is 7.49. The summed E-state index contributed by atoms with van der Waals surface area (Å²) in [5, 5.41) is 18.3. The molecule has 0 aromatic rings. The van der Waals surface area contributed by atoms with Crippen LogP contribution in [0.25, 0.3) is 0 Å². The van der Waals surface area contributed by atoms with Gasteiger partial charge in [-0.15, -0.1) is 0 Å². The third kappa shape index (κ3) is 40.9. The lowest BCUT2D eigenvalue weighted by atomic mass is 10.0. The van der Waals surface area contributed by atoms with Crippen LogP contribution in [0.5, 0.6) is 0 Å². The van der Waals surface area contributed by atoms with Gasteiger partial charge in [0.1, 0.15) is 12.7 Å². The highest BCUT2D eigenvalue weighted by Crippen LogP contribution is 2.43. The first kappa shape index (κ1) is 54.0. The van der Waals surface area contributed by atoms with Gasteiger partial charge in [0.05, 0.1) is 19.8 Å². The van der Waals surface area contributed by atoms with Gasteiger partial charge in [-0.3, -0.25) is 18.6 Å². The summed E-state index contributed by atoms with van der Waals surface area (Å²) in [6, 6.07) is 0. The second-order valence-corrected chi connectivity index (χ2v) is 17.3. The first-order valence-electron chi connectivity index (χ1n) is 23.0. The van der Waals surface area contributed by atoms with Crippen molar-refractivity contribution in [3.63, 3.8) is 0 Å². The maximum Gasteiger partial charge on any atom is 0.472 e. The predicted molar refractivity (Wildman–Crippen MR) is 224 cm³/mol. The molecule has 0 aromatic heterocycles. The number of phosphoric acid groups is 1. The number of esters is 2. The molecule has 0 heterocycles. The zero-order valence-corrected chi connectivity index (χ0v) is 36.6. The molecular weight excluding hydrogens is 719 g/mol. The van der Waals surface area contributed by atoms with E-state index in [2.05, 4.69) is 13.8 Å². The number of carbonyl (C=O) groups is 2. The van der Waals surface area contributed by atoms with Crippen LogP contribution in [0.3, 0.4) is 0 Å². The molecule has 0 radical (unpaired) electrons. The van der Waals surface area contributed by atoms with Crippen LogP contribution < -0.4 is 0 Å². The Bertz CT molecular complexity index is 889. The largest absolute Gasteiger partial charge is 0.472 e. The Morgan fingerprint density at radius 1 is 0.473 bits per heavy atom. The Kier molecular flexibility index (Phi) is 40.4. The quantitative estimate of drug-likeness (QED) is 0.0308. The van der Waals surface area contributed by atoms with E-state index in [1.807, 2.05) is 0 Å². The summed E-state index contributed by atoms with van der Waals surface area (Å²) in [5.74, 6) is -0.907. The summed E-state index contributed by atoms with van der Waals surface area (Å²) in [6.07, 6.45) is 37.8. The van der Waals surface area contributed by atoms with E-state index in [1.54, 1.807) is 0 Å². The minimum absolute atomic E-state index is 0.192. The molecule has 0 fully saturated rings. The van der Waals surface area contributed by atoms with Crippen molar-refractivity contribution in [2.45, 2.75) is 244 Å². The standard InChI is InChI=1S/C44H87O10P/c1-3-5-7-9-11-13-15-17-18-19-20-21-22-24-25-27-29-31-33-35-43(47)51-39-42(40-53-55(49,50)52-38-41(46)37-45)54-44(48)36-34-32-30-28-26-23-16-14-12-10-8-6-4-2/h41-42,45-46H,3-40H2,1-2H3,(H,49,50)/t41-,42+/m1/s1. The molecule has 0 bridgehead atoms. The van der Waals surface area contributed by atoms with Crippen molar-refractivity contribution < 1.29 is 47.8 Å². The lowest BCUT2D eigenvalue weighted by molar-refractivity contribution is -0.161. The van der Waals surface area contributed by atoms with Crippen LogP contribution in [0, 0.1) is 0 Å². The van der Waals surface area contributed by atoms with Gasteiger partial charge in [-0.25, -0.2) is 4.57 Å². The number of aliphatic hydroxyl groups excluding tert-OH is 2. The Hall–Kier alpha value is -1.03. The smallest absolute Gasteiger partial charge is 0.462 e. The Balaban J connectivity index is 4.17. The van der Waals surface area contributed by atoms with E-state index < -0.39 is 51.8 Å². The number of carbonyl (C=O) groups excluding carboxylic acids is 2. The zero-order valence-electron chi connectivity index (χ0n) is 35.7. The van der Waals surface area contributed by atoms with E-state index in [0.717, 1.165) is 32.1 Å². The molecule has 3 N–H and O–H groups in total. The highest BCUT2D eigenvalue weighted by atomic mass is 31.2. The molecule has 0 aromatic carbocycles. The number of hydrogen-bond acceptors (Lipinski definition) is 9. The summed E-state index contributed by atoms with van der Waals surface area (Å²) in [7, 11) is -4.61. The average Bonchev–Trinajstić information content (AvgIpc) is 3.17. The van der Waals surface area contributed by atoms with Crippen LogP contribution in [0.1, 0.15) is 232 Å². The van der Waals surface area contributed by atoms with Crippen molar-refractivity contribution in [3.8, 4) is 0 Å². The van der Waals surface area contributed by atoms with Gasteiger partial charge in [0.15, 0.2) is 6.10 Å². The van der Waals surface area contributed by atoms with Gasteiger partial charge in [0, 0.05) is 12.8 Å². The molecule has 328 valence electrons. The topological polar surface area (TPSA) is 149 Å². The fraction of sp³-hybridized carbons (Fsp3) is 0.955. The van der Waals surface area contributed by atoms with E-state index in [-0.39, 0.29) is 19.4 Å². The van der Waals surface area contributed by atoms with Gasteiger partial charge in [-0.2, -0.15) is 0 Å². The van der Waals surface area contributed by atoms with Crippen LogP contribution >= 0.6 is 7.82 Å². The second kappa shape index (κ2) is 41.1. The third-order valence-corrected chi connectivity index (χ3v) is 11.2. The predicted octanol–water partition coefficient (Wildman–Crippen LogP) is 12.2. The second-order valence-electron chi connectivity index (χ2n) is 15.8. The molecule has 0 aliphatic heterocycles. The fourth-order valence-electron chi connectivity index (χ4n) is 6.70. The molecular formula is C44H87O10P. The van der Waals surface area contributed by atoms with Crippen molar-refractivity contribution in [3.05, 3.63) is 0 Å². The molecule has 0 aliphatic carbocycles. The Labute approximate surface area is 337 Å². The van der Waals surface area contributed by atoms with Gasteiger partial charge in [0.25, 0.3) is 0 Å². The zero-order chi connectivity index (χ0) is 40.5. The Morgan fingerprint density at radius 2 is 0.782 bits per heavy atom. The summed E-state index contributed by atoms with van der Waals surface area (Å²) in [5.41, 5.74) is 0. The molecule has 0 amide bonds. The highest BCUT2D eigenvalue weighted by Gasteiger charge is 2.27. The molecule has 0 rings (SSSR count). The molecule has 0 saturated heterocycles. The third-order valence-electron chi connectivity index (χ3n) is 10.3. The van der Waals surface area contributed by atoms with E-state index in [4.69, 9.17) is 23.6 Å². The summed E-state index contributed by atoms with van der Waals surface area (Å²) in [4.78, 5) is 35.0. The van der Waals surface area contributed by atoms with Crippen LogP contribution in [0.4, 0.5) is 0 Å². The first-order valence-corrected chi connectivity index (χ1v) is 24.5. The van der Waals surface area contributed by atoms with Crippen molar-refractivity contribution in [1.29, 1.82) is 0 Å². The maximum absolute atomic E-state index is 12.6. The number of hydrogen-bond donors (Lipinski definition) is 3. The number of unbranched alkanes of at least 4 members (excludes halogenated alkanes) is 30. The molecule has 11 heteroatoms. The number of aliphatic hydroxyl groups is 2. The lowest BCUT2D eigenvalue weighted by Gasteiger charge is -2.20. The van der Waals surface area contributed by atoms with Crippen LogP contribution in [-0.2, 0) is 32.7 Å². The van der Waals surface area contributed by atoms with Crippen molar-refractivity contribution in [1.82, 2.24) is 0 Å². The van der Waals surface area contributed by atoms with Gasteiger partial charge >= 0.3 is 19.8 Å². The van der Waals surface area contributed by atoms with Gasteiger partial charge in [0.2, 0.25) is 0 Å². The van der Waals surface area contributed by atoms with Crippen LogP contribution in [0.15, 0.2) is 0 Å². The number of phosphoric ester groups is 1. The van der Waals surface area contributed by atoms with Crippen LogP contribution in [-0.4, -0.2) is 65.7 Å². The minimum Gasteiger partial charge on any atom is -0.462 e. The summed E-state index contributed by atoms with van der Waals surface area (Å²) >= 11 is 0. The number of rotatable bonds is 44. The minimum atomic E-state index is -4.61. The SMILES string of the molecule is CCCCCCCCCCCCCCCCCCCCCC(=O)OC[C@@H](COP(=O)(O)OC[C@H](O)CO)OC(=O)CCCCCCCCCCCCCCC. The molecule has 0 spiro atoms. The molecule has 3 atom stereocenters. The summed E-state index contributed by atoms with van der Waals surface area (Å²) in [6.45, 7) is 2.42. The van der Waals surface area contributed by atoms with Gasteiger partial charge in [-0.1, -0.05) is 206 Å². The van der Waals surface area contributed by atoms with Crippen molar-refractivity contribution in [2.24, 2.45) is 0 Å². The van der Waals surface area contributed by atoms with Gasteiger partial charge in [-0.05, 0) is 12.8 Å². The Morgan fingerprint density at radius 3 is 1.13 bits per heavy atom. The lowest BCUT2D eigenvalue weighted by Crippen LogP contribution is -2.29. The monoisotopic (exact) mass is 807 g/mol. The van der Waals surface area contributed by atoms with Crippen LogP contribution in [0.2, 0.25) is 0 Å². The maximum atomic E-state index is 12.6. The van der Waals surface area contributed by atoms with E-state index in [9.17, 15) is 24.2 Å². The first-order chi connectivity index (χ1) is 26.7. The van der Waals surface area contributed by atoms with E-state index in [1.165, 1.54) is 161 Å². The van der Waals surface area contributed by atoms with E-state index in [0.29, 0.717) is 12.8 Å². The molecule has 10 nitrogen and oxygen atoms in total. The number of ether oxygens (including phenoxy) is 2. The molecule has 0 saturated carbocycles. The highest BCUT2D eigenvalue weighted by molar-refractivity contribution is 7.47. The van der Waals surface area contributed by atoms with E-state index >= 15 is 0 Å². The normalized spacial score (nSPS) is 13.8. The molecule has 1 unspecified atom stereocenters. The summed E-state index contributed by atoms with van der Waals surface area (Å²) < 4.78 is 32.7. The van der Waals surface area contributed by atoms with Gasteiger partial charge < -0.3 is 24.6 Å². The van der Waals surface area contributed by atoms with Crippen molar-refractivity contribution >= 4 is 19.8 Å². The average molecular weight is 807 g/mol.